The van der Waals surface area contributed by atoms with Gasteiger partial charge in [-0.3, -0.25) is 4.90 Å². The monoisotopic (exact) mass is 363 g/mol. The Balaban J connectivity index is 1.66. The van der Waals surface area contributed by atoms with Gasteiger partial charge in [-0.2, -0.15) is 13.2 Å². The maximum atomic E-state index is 12.6. The Hall–Kier alpha value is -2.70. The van der Waals surface area contributed by atoms with Gasteiger partial charge in [-0.15, -0.1) is 0 Å². The van der Waals surface area contributed by atoms with E-state index in [9.17, 15) is 18.0 Å². The topological polar surface area (TPSA) is 58.4 Å². The number of primary amides is 1. The predicted molar refractivity (Wildman–Crippen MR) is 95.4 cm³/mol. The highest BCUT2D eigenvalue weighted by molar-refractivity contribution is 5.93. The maximum absolute atomic E-state index is 12.6. The number of nitrogens with two attached hydrogens (primary N) is 1. The molecule has 2 amide bonds. The first-order chi connectivity index (χ1) is 12.3. The Morgan fingerprint density at radius 2 is 1.92 bits per heavy atom. The Bertz CT molecular complexity index is 803. The quantitative estimate of drug-likeness (QED) is 0.848. The van der Waals surface area contributed by atoms with Gasteiger partial charge in [0.2, 0.25) is 0 Å². The van der Waals surface area contributed by atoms with Crippen LogP contribution in [0.15, 0.2) is 42.5 Å². The fourth-order valence-corrected chi connectivity index (χ4v) is 3.11. The first kappa shape index (κ1) is 18.1. The molecule has 0 fully saturated rings. The fraction of sp³-hybridized carbons (Fsp3) is 0.316. The fourth-order valence-electron chi connectivity index (χ4n) is 3.11. The van der Waals surface area contributed by atoms with Crippen molar-refractivity contribution in [2.24, 2.45) is 5.73 Å². The van der Waals surface area contributed by atoms with E-state index in [1.54, 1.807) is 4.90 Å². The lowest BCUT2D eigenvalue weighted by Crippen LogP contribution is -2.33. The van der Waals surface area contributed by atoms with Crippen LogP contribution in [0.4, 0.5) is 29.3 Å². The number of fused-ring (bicyclic) bond motifs is 1. The van der Waals surface area contributed by atoms with Gasteiger partial charge in [0.1, 0.15) is 0 Å². The molecule has 3 N–H and O–H groups in total. The van der Waals surface area contributed by atoms with Crippen LogP contribution in [0.25, 0.3) is 0 Å². The first-order valence-electron chi connectivity index (χ1n) is 8.36. The normalized spacial score (nSPS) is 14.8. The van der Waals surface area contributed by atoms with Gasteiger partial charge in [-0.25, -0.2) is 4.79 Å². The molecule has 3 rings (SSSR count). The minimum absolute atomic E-state index is 0.0257. The van der Waals surface area contributed by atoms with E-state index in [4.69, 9.17) is 5.73 Å². The Kier molecular flexibility index (Phi) is 4.80. The second kappa shape index (κ2) is 6.90. The zero-order chi connectivity index (χ0) is 18.9. The Labute approximate surface area is 149 Å². The molecule has 138 valence electrons. The molecule has 1 aliphatic heterocycles. The van der Waals surface area contributed by atoms with E-state index in [-0.39, 0.29) is 5.92 Å². The minimum atomic E-state index is -4.32. The molecule has 26 heavy (non-hydrogen) atoms. The number of carbonyl (C=O) groups excluding carboxylic acids is 1. The predicted octanol–water partition coefficient (Wildman–Crippen LogP) is 4.36. The summed E-state index contributed by atoms with van der Waals surface area (Å²) < 4.78 is 37.9. The van der Waals surface area contributed by atoms with Crippen LogP contribution in [0.3, 0.4) is 0 Å². The van der Waals surface area contributed by atoms with Gasteiger partial charge in [-0.05, 0) is 47.7 Å². The van der Waals surface area contributed by atoms with Gasteiger partial charge in [0.05, 0.1) is 11.3 Å². The van der Waals surface area contributed by atoms with Crippen molar-refractivity contribution in [2.75, 3.05) is 23.3 Å². The van der Waals surface area contributed by atoms with E-state index in [1.165, 1.54) is 12.1 Å². The number of rotatable bonds is 4. The molecule has 0 radical (unpaired) electrons. The van der Waals surface area contributed by atoms with Crippen LogP contribution in [0, 0.1) is 0 Å². The highest BCUT2D eigenvalue weighted by Crippen LogP contribution is 2.32. The van der Waals surface area contributed by atoms with E-state index in [1.807, 2.05) is 25.1 Å². The third kappa shape index (κ3) is 3.76. The summed E-state index contributed by atoms with van der Waals surface area (Å²) in [5.41, 5.74) is 8.30. The molecule has 0 aliphatic carbocycles. The molecular formula is C19H20F3N3O. The SMILES string of the molecule is CC(CNc1ccc2c(c1)N(C(N)=O)CC2)c1ccc(C(F)(F)F)cc1. The van der Waals surface area contributed by atoms with Crippen molar-refractivity contribution in [2.45, 2.75) is 25.4 Å². The molecule has 4 nitrogen and oxygen atoms in total. The van der Waals surface area contributed by atoms with E-state index < -0.39 is 17.8 Å². The highest BCUT2D eigenvalue weighted by atomic mass is 19.4. The van der Waals surface area contributed by atoms with Gasteiger partial charge >= 0.3 is 12.2 Å². The number of benzene rings is 2. The molecule has 2 aromatic rings. The molecule has 0 saturated carbocycles. The van der Waals surface area contributed by atoms with Crippen molar-refractivity contribution >= 4 is 17.4 Å². The van der Waals surface area contributed by atoms with Crippen LogP contribution in [0.1, 0.15) is 29.5 Å². The summed E-state index contributed by atoms with van der Waals surface area (Å²) in [5, 5.41) is 3.28. The molecule has 0 bridgehead atoms. The molecule has 1 aliphatic rings. The summed E-state index contributed by atoms with van der Waals surface area (Å²) >= 11 is 0. The van der Waals surface area contributed by atoms with Crippen molar-refractivity contribution in [3.05, 3.63) is 59.2 Å². The van der Waals surface area contributed by atoms with Crippen LogP contribution in [-0.2, 0) is 12.6 Å². The van der Waals surface area contributed by atoms with Gasteiger partial charge in [-0.1, -0.05) is 25.1 Å². The summed E-state index contributed by atoms with van der Waals surface area (Å²) in [6.45, 7) is 3.08. The van der Waals surface area contributed by atoms with Crippen molar-refractivity contribution in [1.29, 1.82) is 0 Å². The van der Waals surface area contributed by atoms with Crippen LogP contribution < -0.4 is 16.0 Å². The number of carbonyl (C=O) groups is 1. The number of urea groups is 1. The number of hydrogen-bond acceptors (Lipinski definition) is 2. The standard InChI is InChI=1S/C19H20F3N3O/c1-12(13-2-5-15(6-3-13)19(20,21)22)11-24-16-7-4-14-8-9-25(18(23)26)17(14)10-16/h2-7,10,12,24H,8-9,11H2,1H3,(H2,23,26). The molecule has 1 atom stereocenters. The van der Waals surface area contributed by atoms with Crippen molar-refractivity contribution in [1.82, 2.24) is 0 Å². The largest absolute Gasteiger partial charge is 0.416 e. The number of alkyl halides is 3. The number of amides is 2. The number of nitrogens with one attached hydrogen (secondary N) is 1. The maximum Gasteiger partial charge on any atom is 0.416 e. The summed E-state index contributed by atoms with van der Waals surface area (Å²) in [5.74, 6) is 0.0257. The summed E-state index contributed by atoms with van der Waals surface area (Å²) in [6, 6.07) is 10.5. The van der Waals surface area contributed by atoms with Crippen molar-refractivity contribution in [3.63, 3.8) is 0 Å². The average Bonchev–Trinajstić information content (AvgIpc) is 3.02. The third-order valence-corrected chi connectivity index (χ3v) is 4.67. The zero-order valence-electron chi connectivity index (χ0n) is 14.3. The lowest BCUT2D eigenvalue weighted by molar-refractivity contribution is -0.137. The molecular weight excluding hydrogens is 343 g/mol. The molecule has 2 aromatic carbocycles. The van der Waals surface area contributed by atoms with Crippen molar-refractivity contribution in [3.8, 4) is 0 Å². The second-order valence-electron chi connectivity index (χ2n) is 6.49. The van der Waals surface area contributed by atoms with Crippen LogP contribution >= 0.6 is 0 Å². The molecule has 7 heteroatoms. The highest BCUT2D eigenvalue weighted by Gasteiger charge is 2.30. The first-order valence-corrected chi connectivity index (χ1v) is 8.36. The summed E-state index contributed by atoms with van der Waals surface area (Å²) in [7, 11) is 0. The van der Waals surface area contributed by atoms with E-state index >= 15 is 0 Å². The molecule has 0 spiro atoms. The Morgan fingerprint density at radius 1 is 1.23 bits per heavy atom. The van der Waals surface area contributed by atoms with E-state index in [2.05, 4.69) is 5.32 Å². The van der Waals surface area contributed by atoms with Gasteiger partial charge < -0.3 is 11.1 Å². The number of hydrogen-bond donors (Lipinski definition) is 2. The summed E-state index contributed by atoms with van der Waals surface area (Å²) in [6.07, 6.45) is -3.54. The molecule has 0 aromatic heterocycles. The Morgan fingerprint density at radius 3 is 2.54 bits per heavy atom. The van der Waals surface area contributed by atoms with Gasteiger partial charge in [0.15, 0.2) is 0 Å². The average molecular weight is 363 g/mol. The van der Waals surface area contributed by atoms with Gasteiger partial charge in [0, 0.05) is 18.8 Å². The molecule has 1 heterocycles. The van der Waals surface area contributed by atoms with Gasteiger partial charge in [0.25, 0.3) is 0 Å². The number of nitrogens with zero attached hydrogens (tertiary/aromatic N) is 1. The second-order valence-corrected chi connectivity index (χ2v) is 6.49. The molecule has 0 saturated heterocycles. The number of anilines is 2. The summed E-state index contributed by atoms with van der Waals surface area (Å²) in [4.78, 5) is 13.0. The smallest absolute Gasteiger partial charge is 0.384 e. The zero-order valence-corrected chi connectivity index (χ0v) is 14.3. The van der Waals surface area contributed by atoms with E-state index in [0.29, 0.717) is 13.1 Å². The van der Waals surface area contributed by atoms with Crippen LogP contribution in [0.5, 0.6) is 0 Å². The third-order valence-electron chi connectivity index (χ3n) is 4.67. The minimum Gasteiger partial charge on any atom is -0.384 e. The van der Waals surface area contributed by atoms with Crippen molar-refractivity contribution < 1.29 is 18.0 Å². The van der Waals surface area contributed by atoms with E-state index in [0.717, 1.165) is 41.1 Å². The molecule has 1 unspecified atom stereocenters. The van der Waals surface area contributed by atoms with Crippen LogP contribution in [-0.4, -0.2) is 19.1 Å². The number of halogens is 3. The van der Waals surface area contributed by atoms with Crippen LogP contribution in [0.2, 0.25) is 0 Å². The lowest BCUT2D eigenvalue weighted by Gasteiger charge is -2.18. The lowest BCUT2D eigenvalue weighted by atomic mass is 9.99.